The van der Waals surface area contributed by atoms with E-state index in [2.05, 4.69) is 24.1 Å². The normalized spacial score (nSPS) is 14.0. The van der Waals surface area contributed by atoms with Gasteiger partial charge in [0, 0.05) is 57.2 Å². The van der Waals surface area contributed by atoms with Crippen LogP contribution in [0.15, 0.2) is 24.3 Å². The van der Waals surface area contributed by atoms with Crippen molar-refractivity contribution in [1.82, 2.24) is 10.2 Å². The van der Waals surface area contributed by atoms with E-state index >= 15 is 0 Å². The summed E-state index contributed by atoms with van der Waals surface area (Å²) in [6, 6.07) is 7.77. The van der Waals surface area contributed by atoms with Gasteiger partial charge in [-0.3, -0.25) is 4.79 Å². The number of piperazine rings is 1. The molecule has 0 spiro atoms. The molecule has 0 aromatic heterocycles. The fourth-order valence-electron chi connectivity index (χ4n) is 7.22. The highest BCUT2D eigenvalue weighted by Crippen LogP contribution is 2.20. The summed E-state index contributed by atoms with van der Waals surface area (Å²) in [6.45, 7) is 15.3. The van der Waals surface area contributed by atoms with Gasteiger partial charge >= 0.3 is 6.09 Å². The first-order valence-corrected chi connectivity index (χ1v) is 23.0. The van der Waals surface area contributed by atoms with Crippen molar-refractivity contribution >= 4 is 17.7 Å². The Morgan fingerprint density at radius 3 is 1.51 bits per heavy atom. The number of benzene rings is 1. The van der Waals surface area contributed by atoms with E-state index in [9.17, 15) is 9.59 Å². The van der Waals surface area contributed by atoms with Gasteiger partial charge in [0.2, 0.25) is 0 Å². The van der Waals surface area contributed by atoms with E-state index in [1.54, 1.807) is 4.90 Å². The molecule has 0 bridgehead atoms. The average Bonchev–Trinajstić information content (AvgIpc) is 3.17. The number of nitrogens with one attached hydrogen (secondary N) is 1. The Labute approximate surface area is 338 Å². The van der Waals surface area contributed by atoms with Gasteiger partial charge in [-0.15, -0.1) is 0 Å². The van der Waals surface area contributed by atoms with E-state index < -0.39 is 5.60 Å². The molecule has 1 heterocycles. The minimum atomic E-state index is -0.498. The predicted octanol–water partition coefficient (Wildman–Crippen LogP) is 12.3. The van der Waals surface area contributed by atoms with Crippen LogP contribution in [0, 0.1) is 0 Å². The van der Waals surface area contributed by atoms with Gasteiger partial charge in [-0.1, -0.05) is 155 Å². The molecule has 1 unspecified atom stereocenters. The number of carbonyl (C=O) groups is 2. The molecule has 0 saturated carbocycles. The zero-order valence-corrected chi connectivity index (χ0v) is 36.4. The standard InChI is InChI=1S/C47H85N3O5/c1-6-8-10-12-14-16-18-20-22-24-26-28-38-53-41-44(54-39-29-27-25-23-21-19-17-15-13-11-9-7-2)40-48-45(51)42-30-32-43(33-31-42)49-34-36-50(37-35-49)46(52)55-47(3,4)5/h30-33,44H,6-29,34-41H2,1-5H3,(H,48,51). The second kappa shape index (κ2) is 31.7. The molecule has 1 aliphatic heterocycles. The monoisotopic (exact) mass is 772 g/mol. The van der Waals surface area contributed by atoms with Crippen molar-refractivity contribution in [3.05, 3.63) is 29.8 Å². The lowest BCUT2D eigenvalue weighted by Gasteiger charge is -2.36. The summed E-state index contributed by atoms with van der Waals surface area (Å²) < 4.78 is 17.9. The van der Waals surface area contributed by atoms with E-state index in [0.717, 1.165) is 38.2 Å². The van der Waals surface area contributed by atoms with Crippen LogP contribution in [0.2, 0.25) is 0 Å². The van der Waals surface area contributed by atoms with Crippen LogP contribution < -0.4 is 10.2 Å². The lowest BCUT2D eigenvalue weighted by atomic mass is 10.1. The molecule has 2 rings (SSSR count). The Hall–Kier alpha value is -2.32. The highest BCUT2D eigenvalue weighted by Gasteiger charge is 2.26. The molecule has 0 aliphatic carbocycles. The lowest BCUT2D eigenvalue weighted by molar-refractivity contribution is -0.0170. The van der Waals surface area contributed by atoms with E-state index in [1.807, 2.05) is 45.0 Å². The minimum absolute atomic E-state index is 0.0961. The molecule has 318 valence electrons. The summed E-state index contributed by atoms with van der Waals surface area (Å²) in [5.41, 5.74) is 1.19. The first-order valence-electron chi connectivity index (χ1n) is 23.0. The van der Waals surface area contributed by atoms with Crippen LogP contribution in [0.3, 0.4) is 0 Å². The summed E-state index contributed by atoms with van der Waals surface area (Å²) in [5.74, 6) is -0.0961. The zero-order chi connectivity index (χ0) is 39.8. The summed E-state index contributed by atoms with van der Waals surface area (Å²) >= 11 is 0. The molecule has 1 N–H and O–H groups in total. The summed E-state index contributed by atoms with van der Waals surface area (Å²) in [7, 11) is 0. The fourth-order valence-corrected chi connectivity index (χ4v) is 7.22. The van der Waals surface area contributed by atoms with Crippen LogP contribution >= 0.6 is 0 Å². The van der Waals surface area contributed by atoms with Crippen molar-refractivity contribution in [1.29, 1.82) is 0 Å². The largest absolute Gasteiger partial charge is 0.444 e. The van der Waals surface area contributed by atoms with Crippen molar-refractivity contribution in [3.63, 3.8) is 0 Å². The summed E-state index contributed by atoms with van der Waals surface area (Å²) in [5, 5.41) is 3.12. The molecular formula is C47H85N3O5. The van der Waals surface area contributed by atoms with Gasteiger partial charge in [-0.2, -0.15) is 0 Å². The molecule has 1 fully saturated rings. The Morgan fingerprint density at radius 2 is 1.05 bits per heavy atom. The summed E-state index contributed by atoms with van der Waals surface area (Å²) in [4.78, 5) is 29.6. The van der Waals surface area contributed by atoms with Gasteiger partial charge in [0.25, 0.3) is 5.91 Å². The smallest absolute Gasteiger partial charge is 0.410 e. The van der Waals surface area contributed by atoms with Gasteiger partial charge in [0.15, 0.2) is 0 Å². The van der Waals surface area contributed by atoms with E-state index in [0.29, 0.717) is 38.4 Å². The number of unbranched alkanes of at least 4 members (excludes halogenated alkanes) is 22. The highest BCUT2D eigenvalue weighted by atomic mass is 16.6. The van der Waals surface area contributed by atoms with E-state index in [-0.39, 0.29) is 18.1 Å². The maximum absolute atomic E-state index is 13.2. The van der Waals surface area contributed by atoms with Gasteiger partial charge in [0.1, 0.15) is 5.60 Å². The first kappa shape index (κ1) is 48.8. The molecule has 8 heteroatoms. The van der Waals surface area contributed by atoms with Crippen LogP contribution in [-0.2, 0) is 14.2 Å². The topological polar surface area (TPSA) is 80.3 Å². The maximum Gasteiger partial charge on any atom is 0.410 e. The molecule has 0 radical (unpaired) electrons. The highest BCUT2D eigenvalue weighted by molar-refractivity contribution is 5.94. The maximum atomic E-state index is 13.2. The second-order valence-corrected chi connectivity index (χ2v) is 17.1. The molecule has 55 heavy (non-hydrogen) atoms. The fraction of sp³-hybridized carbons (Fsp3) is 0.830. The van der Waals surface area contributed by atoms with Crippen molar-refractivity contribution in [3.8, 4) is 0 Å². The Kier molecular flexibility index (Phi) is 28.2. The molecule has 1 atom stereocenters. The number of rotatable bonds is 33. The molecule has 1 aromatic carbocycles. The third kappa shape index (κ3) is 25.5. The average molecular weight is 772 g/mol. The van der Waals surface area contributed by atoms with Gasteiger partial charge in [-0.25, -0.2) is 4.79 Å². The van der Waals surface area contributed by atoms with Crippen molar-refractivity contribution in [2.24, 2.45) is 0 Å². The number of ether oxygens (including phenoxy) is 3. The van der Waals surface area contributed by atoms with Crippen LogP contribution in [0.1, 0.15) is 199 Å². The van der Waals surface area contributed by atoms with Gasteiger partial charge in [0.05, 0.1) is 12.7 Å². The second-order valence-electron chi connectivity index (χ2n) is 17.1. The van der Waals surface area contributed by atoms with Crippen LogP contribution in [0.4, 0.5) is 10.5 Å². The zero-order valence-electron chi connectivity index (χ0n) is 36.4. The summed E-state index contributed by atoms with van der Waals surface area (Å²) in [6.07, 6.45) is 31.4. The van der Waals surface area contributed by atoms with Crippen LogP contribution in [0.5, 0.6) is 0 Å². The number of anilines is 1. The third-order valence-electron chi connectivity index (χ3n) is 10.7. The molecule has 2 amide bonds. The number of carbonyl (C=O) groups excluding carboxylic acids is 2. The Balaban J connectivity index is 1.70. The van der Waals surface area contributed by atoms with E-state index in [4.69, 9.17) is 14.2 Å². The third-order valence-corrected chi connectivity index (χ3v) is 10.7. The quantitative estimate of drug-likeness (QED) is 0.0717. The number of hydrogen-bond acceptors (Lipinski definition) is 6. The van der Waals surface area contributed by atoms with Gasteiger partial charge < -0.3 is 29.3 Å². The van der Waals surface area contributed by atoms with Crippen LogP contribution in [0.25, 0.3) is 0 Å². The molecular weight excluding hydrogens is 687 g/mol. The molecule has 1 aliphatic rings. The number of nitrogens with zero attached hydrogens (tertiary/aromatic N) is 2. The SMILES string of the molecule is CCCCCCCCCCCCCCOCC(CNC(=O)c1ccc(N2CCN(C(=O)OC(C)(C)C)CC2)cc1)OCCCCCCCCCCCCCC. The molecule has 1 saturated heterocycles. The Bertz CT molecular complexity index is 1070. The van der Waals surface area contributed by atoms with Crippen molar-refractivity contribution in [2.75, 3.05) is 57.4 Å². The minimum Gasteiger partial charge on any atom is -0.444 e. The first-order chi connectivity index (χ1) is 26.7. The van der Waals surface area contributed by atoms with Crippen molar-refractivity contribution < 1.29 is 23.8 Å². The number of amides is 2. The van der Waals surface area contributed by atoms with Crippen molar-refractivity contribution in [2.45, 2.75) is 200 Å². The number of hydrogen-bond donors (Lipinski definition) is 1. The molecule has 1 aromatic rings. The van der Waals surface area contributed by atoms with Gasteiger partial charge in [-0.05, 0) is 57.9 Å². The predicted molar refractivity (Wildman–Crippen MR) is 232 cm³/mol. The van der Waals surface area contributed by atoms with E-state index in [1.165, 1.54) is 141 Å². The van der Waals surface area contributed by atoms with Crippen LogP contribution in [-0.4, -0.2) is 81.1 Å². The lowest BCUT2D eigenvalue weighted by Crippen LogP contribution is -2.50. The Morgan fingerprint density at radius 1 is 0.618 bits per heavy atom. The molecule has 8 nitrogen and oxygen atoms in total.